The number of nitrogens with one attached hydrogen (secondary N) is 2. The van der Waals surface area contributed by atoms with Crippen molar-refractivity contribution >= 4 is 5.91 Å². The minimum atomic E-state index is -0.413. The molecule has 1 aliphatic carbocycles. The fourth-order valence-corrected chi connectivity index (χ4v) is 3.18. The molecule has 122 valence electrons. The van der Waals surface area contributed by atoms with Crippen LogP contribution >= 0.6 is 0 Å². The molecule has 0 bridgehead atoms. The summed E-state index contributed by atoms with van der Waals surface area (Å²) in [4.78, 5) is 12.4. The fraction of sp³-hybridized carbons (Fsp3) is 0.611. The third-order valence-electron chi connectivity index (χ3n) is 4.49. The highest BCUT2D eigenvalue weighted by Gasteiger charge is 2.57. The first kappa shape index (κ1) is 16.8. The van der Waals surface area contributed by atoms with Crippen molar-refractivity contribution in [3.05, 3.63) is 36.1 Å². The maximum absolute atomic E-state index is 12.4. The van der Waals surface area contributed by atoms with Crippen molar-refractivity contribution in [2.75, 3.05) is 19.7 Å². The van der Waals surface area contributed by atoms with Crippen LogP contribution in [0.2, 0.25) is 0 Å². The van der Waals surface area contributed by atoms with E-state index in [1.165, 1.54) is 0 Å². The summed E-state index contributed by atoms with van der Waals surface area (Å²) in [5.41, 5.74) is 1.41. The molecule has 1 saturated heterocycles. The van der Waals surface area contributed by atoms with Crippen molar-refractivity contribution < 1.29 is 9.53 Å². The SMILES string of the molecule is C=C/C(C)=C(/OCC(C)(C)NC(=O)C1[C@H]2CNC[C@@H]12)C(=C)C. The van der Waals surface area contributed by atoms with E-state index in [2.05, 4.69) is 23.8 Å². The predicted octanol–water partition coefficient (Wildman–Crippen LogP) is 2.40. The zero-order valence-electron chi connectivity index (χ0n) is 14.2. The van der Waals surface area contributed by atoms with Crippen LogP contribution in [0.4, 0.5) is 0 Å². The minimum absolute atomic E-state index is 0.159. The van der Waals surface area contributed by atoms with Crippen molar-refractivity contribution in [1.82, 2.24) is 10.6 Å². The van der Waals surface area contributed by atoms with Gasteiger partial charge in [0, 0.05) is 5.92 Å². The molecule has 0 spiro atoms. The molecule has 0 aromatic rings. The average Bonchev–Trinajstić information content (AvgIpc) is 2.92. The highest BCUT2D eigenvalue weighted by atomic mass is 16.5. The molecule has 3 atom stereocenters. The molecule has 1 amide bonds. The summed E-state index contributed by atoms with van der Waals surface area (Å²) >= 11 is 0. The summed E-state index contributed by atoms with van der Waals surface area (Å²) in [6, 6.07) is 0. The number of fused-ring (bicyclic) bond motifs is 1. The Morgan fingerprint density at radius 1 is 1.36 bits per heavy atom. The minimum Gasteiger partial charge on any atom is -0.491 e. The number of rotatable bonds is 7. The van der Waals surface area contributed by atoms with Gasteiger partial charge in [-0.1, -0.05) is 19.2 Å². The highest BCUT2D eigenvalue weighted by molar-refractivity contribution is 5.83. The van der Waals surface area contributed by atoms with Crippen molar-refractivity contribution in [1.29, 1.82) is 0 Å². The van der Waals surface area contributed by atoms with Crippen LogP contribution in [0.15, 0.2) is 36.1 Å². The zero-order valence-corrected chi connectivity index (χ0v) is 14.2. The van der Waals surface area contributed by atoms with E-state index in [0.29, 0.717) is 18.4 Å². The van der Waals surface area contributed by atoms with Gasteiger partial charge in [-0.2, -0.15) is 0 Å². The van der Waals surface area contributed by atoms with Gasteiger partial charge in [-0.3, -0.25) is 4.79 Å². The maximum Gasteiger partial charge on any atom is 0.224 e. The largest absolute Gasteiger partial charge is 0.491 e. The quantitative estimate of drug-likeness (QED) is 0.561. The fourth-order valence-electron chi connectivity index (χ4n) is 3.18. The Labute approximate surface area is 133 Å². The predicted molar refractivity (Wildman–Crippen MR) is 89.2 cm³/mol. The highest BCUT2D eigenvalue weighted by Crippen LogP contribution is 2.48. The van der Waals surface area contributed by atoms with Gasteiger partial charge in [-0.05, 0) is 63.8 Å². The van der Waals surface area contributed by atoms with Gasteiger partial charge in [-0.25, -0.2) is 0 Å². The van der Waals surface area contributed by atoms with E-state index in [1.807, 2.05) is 27.7 Å². The van der Waals surface area contributed by atoms with Crippen molar-refractivity contribution in [3.8, 4) is 0 Å². The van der Waals surface area contributed by atoms with E-state index in [0.717, 1.165) is 30.0 Å². The van der Waals surface area contributed by atoms with E-state index in [1.54, 1.807) is 6.08 Å². The lowest BCUT2D eigenvalue weighted by Gasteiger charge is -2.28. The van der Waals surface area contributed by atoms with Crippen LogP contribution in [0.3, 0.4) is 0 Å². The number of ether oxygens (including phenoxy) is 1. The third-order valence-corrected chi connectivity index (χ3v) is 4.49. The number of hydrogen-bond acceptors (Lipinski definition) is 3. The summed E-state index contributed by atoms with van der Waals surface area (Å²) in [5, 5.41) is 6.44. The van der Waals surface area contributed by atoms with Gasteiger partial charge < -0.3 is 15.4 Å². The average molecular weight is 304 g/mol. The Kier molecular flexibility index (Phi) is 4.81. The van der Waals surface area contributed by atoms with E-state index < -0.39 is 5.54 Å². The molecule has 4 nitrogen and oxygen atoms in total. The topological polar surface area (TPSA) is 50.4 Å². The summed E-state index contributed by atoms with van der Waals surface area (Å²) in [6.07, 6.45) is 1.76. The third kappa shape index (κ3) is 3.61. The molecule has 1 aliphatic heterocycles. The molecule has 1 saturated carbocycles. The van der Waals surface area contributed by atoms with Crippen LogP contribution in [0.25, 0.3) is 0 Å². The number of carbonyl (C=O) groups is 1. The van der Waals surface area contributed by atoms with Crippen molar-refractivity contribution in [2.45, 2.75) is 33.2 Å². The number of hydrogen-bond donors (Lipinski definition) is 2. The van der Waals surface area contributed by atoms with E-state index in [4.69, 9.17) is 4.74 Å². The van der Waals surface area contributed by atoms with E-state index in [9.17, 15) is 4.79 Å². The molecule has 1 unspecified atom stereocenters. The lowest BCUT2D eigenvalue weighted by Crippen LogP contribution is -2.48. The molecular weight excluding hydrogens is 276 g/mol. The molecular formula is C18H28N2O2. The van der Waals surface area contributed by atoms with Crippen LogP contribution in [-0.4, -0.2) is 31.1 Å². The molecule has 4 heteroatoms. The van der Waals surface area contributed by atoms with Crippen LogP contribution < -0.4 is 10.6 Å². The molecule has 2 fully saturated rings. The van der Waals surface area contributed by atoms with Crippen LogP contribution in [-0.2, 0) is 9.53 Å². The van der Waals surface area contributed by atoms with Gasteiger partial charge >= 0.3 is 0 Å². The molecule has 0 radical (unpaired) electrons. The second kappa shape index (κ2) is 6.29. The second-order valence-corrected chi connectivity index (χ2v) is 7.17. The van der Waals surface area contributed by atoms with E-state index >= 15 is 0 Å². The Hall–Kier alpha value is -1.55. The molecule has 2 rings (SSSR count). The van der Waals surface area contributed by atoms with Gasteiger partial charge in [0.05, 0.1) is 5.54 Å². The summed E-state index contributed by atoms with van der Waals surface area (Å²) < 4.78 is 5.90. The van der Waals surface area contributed by atoms with Crippen molar-refractivity contribution in [2.24, 2.45) is 17.8 Å². The number of piperidine rings is 1. The van der Waals surface area contributed by atoms with Crippen LogP contribution in [0.5, 0.6) is 0 Å². The maximum atomic E-state index is 12.4. The van der Waals surface area contributed by atoms with Gasteiger partial charge in [-0.15, -0.1) is 0 Å². The molecule has 0 aromatic heterocycles. The zero-order chi connectivity index (χ0) is 16.5. The molecule has 0 aromatic carbocycles. The van der Waals surface area contributed by atoms with Crippen molar-refractivity contribution in [3.63, 3.8) is 0 Å². The normalized spacial score (nSPS) is 27.5. The first-order chi connectivity index (χ1) is 10.3. The number of amides is 1. The summed E-state index contributed by atoms with van der Waals surface area (Å²) in [5.74, 6) is 2.17. The van der Waals surface area contributed by atoms with Crippen LogP contribution in [0, 0.1) is 17.8 Å². The lowest BCUT2D eigenvalue weighted by molar-refractivity contribution is -0.125. The summed E-state index contributed by atoms with van der Waals surface area (Å²) in [6.45, 7) is 17.9. The Balaban J connectivity index is 1.89. The Morgan fingerprint density at radius 3 is 2.45 bits per heavy atom. The lowest BCUT2D eigenvalue weighted by atomic mass is 10.1. The second-order valence-electron chi connectivity index (χ2n) is 7.17. The first-order valence-electron chi connectivity index (χ1n) is 7.91. The van der Waals surface area contributed by atoms with E-state index in [-0.39, 0.29) is 11.8 Å². The first-order valence-corrected chi connectivity index (χ1v) is 7.91. The molecule has 22 heavy (non-hydrogen) atoms. The number of allylic oxidation sites excluding steroid dienone is 3. The van der Waals surface area contributed by atoms with Gasteiger partial charge in [0.2, 0.25) is 5.91 Å². The standard InChI is InChI=1S/C18H28N2O2/c1-7-12(4)16(11(2)3)22-10-18(5,6)20-17(21)15-13-8-19-9-14(13)15/h7,13-15,19H,1-2,8-10H2,3-6H3,(H,20,21)/b16-12+/t13-,14+,15?. The Morgan fingerprint density at radius 2 is 1.95 bits per heavy atom. The monoisotopic (exact) mass is 304 g/mol. The number of carbonyl (C=O) groups excluding carboxylic acids is 1. The molecule has 1 heterocycles. The Bertz CT molecular complexity index is 509. The van der Waals surface area contributed by atoms with Gasteiger partial charge in [0.25, 0.3) is 0 Å². The molecule has 2 aliphatic rings. The molecule has 2 N–H and O–H groups in total. The van der Waals surface area contributed by atoms with Gasteiger partial charge in [0.1, 0.15) is 12.4 Å². The van der Waals surface area contributed by atoms with Crippen LogP contribution in [0.1, 0.15) is 27.7 Å². The van der Waals surface area contributed by atoms with Gasteiger partial charge in [0.15, 0.2) is 0 Å². The summed E-state index contributed by atoms with van der Waals surface area (Å²) in [7, 11) is 0. The smallest absolute Gasteiger partial charge is 0.224 e.